The molecule has 0 saturated carbocycles. The molecule has 0 bridgehead atoms. The number of hydrogen-bond donors (Lipinski definition) is 0. The first kappa shape index (κ1) is 22.9. The summed E-state index contributed by atoms with van der Waals surface area (Å²) in [6.07, 6.45) is -8.94. The average Bonchev–Trinajstić information content (AvgIpc) is 2.71. The number of carbonyl (C=O) groups is 1. The van der Waals surface area contributed by atoms with Gasteiger partial charge in [0.1, 0.15) is 5.75 Å². The maximum Gasteiger partial charge on any atom is 0.573 e. The second-order valence-electron chi connectivity index (χ2n) is 7.12. The first-order valence-corrected chi connectivity index (χ1v) is 9.55. The lowest BCUT2D eigenvalue weighted by atomic mass is 10.1. The molecule has 0 amide bonds. The average molecular weight is 446 g/mol. The third-order valence-electron chi connectivity index (χ3n) is 5.00. The van der Waals surface area contributed by atoms with E-state index >= 15 is 0 Å². The first-order chi connectivity index (χ1) is 14.5. The molecule has 0 aliphatic carbocycles. The van der Waals surface area contributed by atoms with Crippen molar-refractivity contribution in [2.45, 2.75) is 19.0 Å². The number of alkyl halides is 6. The van der Waals surface area contributed by atoms with Crippen LogP contribution in [0.3, 0.4) is 0 Å². The highest BCUT2D eigenvalue weighted by atomic mass is 19.4. The Labute approximate surface area is 175 Å². The van der Waals surface area contributed by atoms with Gasteiger partial charge in [-0.3, -0.25) is 9.69 Å². The maximum atomic E-state index is 12.7. The molecule has 31 heavy (non-hydrogen) atoms. The number of piperazine rings is 1. The van der Waals surface area contributed by atoms with Crippen LogP contribution in [-0.4, -0.2) is 49.8 Å². The van der Waals surface area contributed by atoms with Gasteiger partial charge < -0.3 is 9.64 Å². The van der Waals surface area contributed by atoms with Gasteiger partial charge in [-0.05, 0) is 48.5 Å². The Morgan fingerprint density at radius 3 is 1.94 bits per heavy atom. The van der Waals surface area contributed by atoms with Gasteiger partial charge in [0.15, 0.2) is 5.78 Å². The van der Waals surface area contributed by atoms with Crippen molar-refractivity contribution in [3.8, 4) is 5.75 Å². The van der Waals surface area contributed by atoms with Crippen molar-refractivity contribution in [3.05, 3.63) is 59.7 Å². The van der Waals surface area contributed by atoms with Crippen LogP contribution >= 0.6 is 0 Å². The van der Waals surface area contributed by atoms with Gasteiger partial charge in [-0.15, -0.1) is 13.2 Å². The van der Waals surface area contributed by atoms with Gasteiger partial charge in [-0.2, -0.15) is 13.2 Å². The fourth-order valence-electron chi connectivity index (χ4n) is 3.34. The smallest absolute Gasteiger partial charge is 0.406 e. The molecule has 0 aromatic heterocycles. The molecule has 0 N–H and O–H groups in total. The van der Waals surface area contributed by atoms with E-state index in [1.165, 1.54) is 24.3 Å². The van der Waals surface area contributed by atoms with Crippen LogP contribution in [0.5, 0.6) is 5.75 Å². The lowest BCUT2D eigenvalue weighted by Gasteiger charge is -2.36. The summed E-state index contributed by atoms with van der Waals surface area (Å²) in [5.41, 5.74) is 0.328. The van der Waals surface area contributed by atoms with E-state index in [2.05, 4.69) is 9.64 Å². The van der Waals surface area contributed by atoms with E-state index < -0.39 is 18.1 Å². The predicted octanol–water partition coefficient (Wildman–Crippen LogP) is 5.00. The van der Waals surface area contributed by atoms with E-state index in [9.17, 15) is 31.1 Å². The van der Waals surface area contributed by atoms with Crippen LogP contribution in [-0.2, 0) is 6.18 Å². The van der Waals surface area contributed by atoms with E-state index in [1.807, 2.05) is 4.90 Å². The Morgan fingerprint density at radius 2 is 1.42 bits per heavy atom. The van der Waals surface area contributed by atoms with Crippen LogP contribution in [0.4, 0.5) is 32.0 Å². The topological polar surface area (TPSA) is 32.8 Å². The van der Waals surface area contributed by atoms with Crippen molar-refractivity contribution in [2.24, 2.45) is 0 Å². The van der Waals surface area contributed by atoms with Gasteiger partial charge in [-0.1, -0.05) is 0 Å². The number of nitrogens with zero attached hydrogens (tertiary/aromatic N) is 2. The number of halogens is 6. The molecule has 1 aliphatic rings. The molecule has 168 valence electrons. The number of carbonyl (C=O) groups excluding carboxylic acids is 1. The molecule has 1 saturated heterocycles. The number of ether oxygens (including phenoxy) is 1. The van der Waals surface area contributed by atoms with Gasteiger partial charge >= 0.3 is 12.5 Å². The molecule has 1 fully saturated rings. The third kappa shape index (κ3) is 6.61. The number of benzene rings is 2. The number of Topliss-reactive ketones (excluding diaryl/α,β-unsaturated/α-hetero) is 1. The Morgan fingerprint density at radius 1 is 0.839 bits per heavy atom. The Balaban J connectivity index is 1.45. The summed E-state index contributed by atoms with van der Waals surface area (Å²) in [6, 6.07) is 9.82. The van der Waals surface area contributed by atoms with Gasteiger partial charge in [0.05, 0.1) is 5.56 Å². The fraction of sp³-hybridized carbons (Fsp3) is 0.381. The fourth-order valence-corrected chi connectivity index (χ4v) is 3.34. The molecular weight excluding hydrogens is 426 g/mol. The minimum atomic E-state index is -4.78. The van der Waals surface area contributed by atoms with Crippen LogP contribution in [0, 0.1) is 0 Å². The molecule has 2 aromatic carbocycles. The van der Waals surface area contributed by atoms with Gasteiger partial charge in [0.25, 0.3) is 0 Å². The molecule has 0 radical (unpaired) electrons. The Kier molecular flexibility index (Phi) is 6.78. The zero-order chi connectivity index (χ0) is 22.6. The SMILES string of the molecule is O=C(CCN1CCN(c2ccc(C(F)(F)F)cc2)CC1)c1ccc(OC(F)(F)F)cc1. The highest BCUT2D eigenvalue weighted by molar-refractivity contribution is 5.96. The second-order valence-corrected chi connectivity index (χ2v) is 7.12. The minimum absolute atomic E-state index is 0.191. The van der Waals surface area contributed by atoms with Crippen molar-refractivity contribution in [1.29, 1.82) is 0 Å². The molecule has 3 rings (SSSR count). The predicted molar refractivity (Wildman–Crippen MR) is 102 cm³/mol. The third-order valence-corrected chi connectivity index (χ3v) is 5.00. The van der Waals surface area contributed by atoms with Crippen molar-refractivity contribution in [1.82, 2.24) is 4.90 Å². The highest BCUT2D eigenvalue weighted by Gasteiger charge is 2.31. The monoisotopic (exact) mass is 446 g/mol. The van der Waals surface area contributed by atoms with E-state index in [1.54, 1.807) is 0 Å². The Bertz CT molecular complexity index is 871. The molecule has 1 heterocycles. The van der Waals surface area contributed by atoms with E-state index in [0.717, 1.165) is 24.3 Å². The van der Waals surface area contributed by atoms with E-state index in [0.29, 0.717) is 44.0 Å². The summed E-state index contributed by atoms with van der Waals surface area (Å²) in [6.45, 7) is 3.01. The van der Waals surface area contributed by atoms with Crippen molar-refractivity contribution in [3.63, 3.8) is 0 Å². The molecule has 0 spiro atoms. The minimum Gasteiger partial charge on any atom is -0.406 e. The summed E-state index contributed by atoms with van der Waals surface area (Å²) in [7, 11) is 0. The molecule has 10 heteroatoms. The molecule has 1 aliphatic heterocycles. The summed E-state index contributed by atoms with van der Waals surface area (Å²) >= 11 is 0. The zero-order valence-corrected chi connectivity index (χ0v) is 16.3. The van der Waals surface area contributed by atoms with E-state index in [4.69, 9.17) is 0 Å². The number of ketones is 1. The maximum absolute atomic E-state index is 12.7. The zero-order valence-electron chi connectivity index (χ0n) is 16.3. The van der Waals surface area contributed by atoms with Crippen LogP contribution in [0.25, 0.3) is 0 Å². The van der Waals surface area contributed by atoms with Crippen LogP contribution in [0.1, 0.15) is 22.3 Å². The summed E-state index contributed by atoms with van der Waals surface area (Å²) in [5.74, 6) is -0.577. The number of hydrogen-bond acceptors (Lipinski definition) is 4. The van der Waals surface area contributed by atoms with Gasteiger partial charge in [0.2, 0.25) is 0 Å². The summed E-state index contributed by atoms with van der Waals surface area (Å²) in [5, 5.41) is 0. The Hall–Kier alpha value is -2.75. The number of anilines is 1. The summed E-state index contributed by atoms with van der Waals surface area (Å²) in [4.78, 5) is 16.3. The van der Waals surface area contributed by atoms with Gasteiger partial charge in [0, 0.05) is 50.4 Å². The molecule has 0 unspecified atom stereocenters. The quantitative estimate of drug-likeness (QED) is 0.462. The molecular formula is C21H20F6N2O2. The summed E-state index contributed by atoms with van der Waals surface area (Å²) < 4.78 is 78.4. The van der Waals surface area contributed by atoms with Crippen LogP contribution in [0.2, 0.25) is 0 Å². The van der Waals surface area contributed by atoms with Crippen LogP contribution < -0.4 is 9.64 Å². The largest absolute Gasteiger partial charge is 0.573 e. The van der Waals surface area contributed by atoms with Crippen molar-refractivity contribution >= 4 is 11.5 Å². The van der Waals surface area contributed by atoms with Crippen LogP contribution in [0.15, 0.2) is 48.5 Å². The standard InChI is InChI=1S/C21H20F6N2O2/c22-20(23,24)16-3-5-17(6-4-16)29-13-11-28(12-14-29)10-9-19(30)15-1-7-18(8-2-15)31-21(25,26)27/h1-8H,9-14H2. The van der Waals surface area contributed by atoms with E-state index in [-0.39, 0.29) is 18.0 Å². The molecule has 0 atom stereocenters. The van der Waals surface area contributed by atoms with Crippen molar-refractivity contribution < 1.29 is 35.9 Å². The second kappa shape index (κ2) is 9.17. The molecule has 4 nitrogen and oxygen atoms in total. The van der Waals surface area contributed by atoms with Crippen molar-refractivity contribution in [2.75, 3.05) is 37.6 Å². The first-order valence-electron chi connectivity index (χ1n) is 9.55. The normalized spacial score (nSPS) is 15.7. The lowest BCUT2D eigenvalue weighted by Crippen LogP contribution is -2.46. The lowest BCUT2D eigenvalue weighted by molar-refractivity contribution is -0.274. The number of rotatable bonds is 6. The highest BCUT2D eigenvalue weighted by Crippen LogP contribution is 2.30. The van der Waals surface area contributed by atoms with Gasteiger partial charge in [-0.25, -0.2) is 0 Å². The molecule has 2 aromatic rings.